The van der Waals surface area contributed by atoms with E-state index in [2.05, 4.69) is 16.0 Å². The molecule has 2 aromatic rings. The average Bonchev–Trinajstić information content (AvgIpc) is 2.66. The molecule has 2 N–H and O–H groups in total. The summed E-state index contributed by atoms with van der Waals surface area (Å²) in [5.41, 5.74) is 5.34. The average molecular weight is 267 g/mol. The van der Waals surface area contributed by atoms with Crippen molar-refractivity contribution < 1.29 is 4.79 Å². The van der Waals surface area contributed by atoms with Crippen LogP contribution in [0.1, 0.15) is 18.2 Å². The van der Waals surface area contributed by atoms with Gasteiger partial charge in [-0.15, -0.1) is 11.3 Å². The number of rotatable bonds is 4. The van der Waals surface area contributed by atoms with E-state index in [9.17, 15) is 4.79 Å². The number of aryl methyl sites for hydroxylation is 1. The molecule has 0 aliphatic rings. The Morgan fingerprint density at radius 2 is 2.35 bits per heavy atom. The molecular weight excluding hydrogens is 254 g/mol. The van der Waals surface area contributed by atoms with Gasteiger partial charge in [0, 0.05) is 10.3 Å². The lowest BCUT2D eigenvalue weighted by atomic mass is 10.3. The first-order chi connectivity index (χ1) is 8.11. The minimum Gasteiger partial charge on any atom is -0.369 e. The van der Waals surface area contributed by atoms with Crippen LogP contribution in [0, 0.1) is 6.92 Å². The molecule has 2 rings (SSSR count). The van der Waals surface area contributed by atoms with E-state index in [1.165, 1.54) is 23.0 Å². The summed E-state index contributed by atoms with van der Waals surface area (Å²) >= 11 is 3.05. The highest BCUT2D eigenvalue weighted by Gasteiger charge is 2.17. The molecule has 0 aromatic carbocycles. The van der Waals surface area contributed by atoms with Gasteiger partial charge in [-0.25, -0.2) is 9.97 Å². The van der Waals surface area contributed by atoms with Crippen molar-refractivity contribution in [3.8, 4) is 0 Å². The van der Waals surface area contributed by atoms with Crippen LogP contribution in [0.25, 0.3) is 10.2 Å². The van der Waals surface area contributed by atoms with Crippen molar-refractivity contribution in [2.45, 2.75) is 30.5 Å². The fourth-order valence-electron chi connectivity index (χ4n) is 1.53. The van der Waals surface area contributed by atoms with E-state index < -0.39 is 0 Å². The van der Waals surface area contributed by atoms with Crippen LogP contribution in [0.3, 0.4) is 0 Å². The van der Waals surface area contributed by atoms with Gasteiger partial charge in [-0.3, -0.25) is 4.79 Å². The number of amides is 1. The van der Waals surface area contributed by atoms with Crippen LogP contribution in [0.5, 0.6) is 0 Å². The van der Waals surface area contributed by atoms with Gasteiger partial charge in [-0.05, 0) is 19.4 Å². The molecule has 6 heteroatoms. The summed E-state index contributed by atoms with van der Waals surface area (Å²) in [7, 11) is 0. The molecule has 90 valence electrons. The monoisotopic (exact) mass is 267 g/mol. The van der Waals surface area contributed by atoms with Crippen molar-refractivity contribution in [2.24, 2.45) is 5.73 Å². The number of primary amides is 1. The number of thiophene rings is 1. The molecule has 0 spiro atoms. The normalized spacial score (nSPS) is 12.8. The molecule has 2 heterocycles. The number of thioether (sulfide) groups is 1. The Labute approximate surface area is 108 Å². The molecular formula is C11H13N3OS2. The topological polar surface area (TPSA) is 68.9 Å². The fraction of sp³-hybridized carbons (Fsp3) is 0.364. The zero-order chi connectivity index (χ0) is 12.4. The van der Waals surface area contributed by atoms with E-state index in [-0.39, 0.29) is 11.2 Å². The fourth-order valence-corrected chi connectivity index (χ4v) is 3.38. The molecule has 0 saturated heterocycles. The minimum atomic E-state index is -0.295. The lowest BCUT2D eigenvalue weighted by molar-refractivity contribution is -0.117. The van der Waals surface area contributed by atoms with E-state index in [4.69, 9.17) is 5.73 Å². The van der Waals surface area contributed by atoms with Gasteiger partial charge >= 0.3 is 0 Å². The van der Waals surface area contributed by atoms with Crippen LogP contribution in [-0.2, 0) is 4.79 Å². The van der Waals surface area contributed by atoms with Gasteiger partial charge in [0.05, 0.1) is 5.25 Å². The molecule has 0 saturated carbocycles. The maximum absolute atomic E-state index is 11.2. The Hall–Kier alpha value is -1.14. The number of hydrogen-bond donors (Lipinski definition) is 1. The summed E-state index contributed by atoms with van der Waals surface area (Å²) in [5.74, 6) is -0.295. The second-order valence-electron chi connectivity index (χ2n) is 3.67. The summed E-state index contributed by atoms with van der Waals surface area (Å²) in [6.45, 7) is 3.98. The quantitative estimate of drug-likeness (QED) is 0.682. The van der Waals surface area contributed by atoms with Gasteiger partial charge < -0.3 is 5.73 Å². The van der Waals surface area contributed by atoms with Gasteiger partial charge in [0.2, 0.25) is 5.91 Å². The van der Waals surface area contributed by atoms with Gasteiger partial charge in [-0.1, -0.05) is 18.7 Å². The molecule has 0 radical (unpaired) electrons. The van der Waals surface area contributed by atoms with Gasteiger partial charge in [0.25, 0.3) is 0 Å². The molecule has 4 nitrogen and oxygen atoms in total. The van der Waals surface area contributed by atoms with E-state index in [0.29, 0.717) is 6.42 Å². The van der Waals surface area contributed by atoms with Crippen LogP contribution in [0.4, 0.5) is 0 Å². The number of carbonyl (C=O) groups excluding carboxylic acids is 1. The minimum absolute atomic E-state index is 0.228. The van der Waals surface area contributed by atoms with Gasteiger partial charge in [-0.2, -0.15) is 0 Å². The molecule has 0 aliphatic carbocycles. The lowest BCUT2D eigenvalue weighted by Crippen LogP contribution is -2.24. The number of hydrogen-bond acceptors (Lipinski definition) is 5. The van der Waals surface area contributed by atoms with Gasteiger partial charge in [0.15, 0.2) is 0 Å². The van der Waals surface area contributed by atoms with Gasteiger partial charge in [0.1, 0.15) is 16.2 Å². The number of carbonyl (C=O) groups is 1. The van der Waals surface area contributed by atoms with Crippen molar-refractivity contribution in [2.75, 3.05) is 0 Å². The van der Waals surface area contributed by atoms with Crippen molar-refractivity contribution in [1.82, 2.24) is 9.97 Å². The Bertz CT molecular complexity index is 553. The molecule has 0 fully saturated rings. The second kappa shape index (κ2) is 5.01. The largest absolute Gasteiger partial charge is 0.369 e. The van der Waals surface area contributed by atoms with E-state index in [1.807, 2.05) is 13.8 Å². The molecule has 0 aliphatic heterocycles. The standard InChI is InChI=1S/C11H13N3OS2/c1-3-8(9(12)15)17-11-7-4-6(2)16-10(7)13-5-14-11/h4-5,8H,3H2,1-2H3,(H2,12,15). The Morgan fingerprint density at radius 3 is 3.00 bits per heavy atom. The zero-order valence-corrected chi connectivity index (χ0v) is 11.3. The highest BCUT2D eigenvalue weighted by Crippen LogP contribution is 2.33. The predicted molar refractivity (Wildman–Crippen MR) is 71.3 cm³/mol. The number of fused-ring (bicyclic) bond motifs is 1. The number of nitrogens with zero attached hydrogens (tertiary/aromatic N) is 2. The molecule has 2 aromatic heterocycles. The second-order valence-corrected chi connectivity index (χ2v) is 6.10. The Morgan fingerprint density at radius 1 is 1.59 bits per heavy atom. The summed E-state index contributed by atoms with van der Waals surface area (Å²) in [6.07, 6.45) is 2.24. The SMILES string of the molecule is CCC(Sc1ncnc2sc(C)cc12)C(N)=O. The van der Waals surface area contributed by atoms with Crippen LogP contribution < -0.4 is 5.73 Å². The first-order valence-corrected chi connectivity index (χ1v) is 6.98. The van der Waals surface area contributed by atoms with E-state index in [0.717, 1.165) is 15.2 Å². The third-order valence-electron chi connectivity index (χ3n) is 2.36. The lowest BCUT2D eigenvalue weighted by Gasteiger charge is -2.09. The maximum Gasteiger partial charge on any atom is 0.230 e. The maximum atomic E-state index is 11.2. The zero-order valence-electron chi connectivity index (χ0n) is 9.64. The molecule has 1 amide bonds. The van der Waals surface area contributed by atoms with Crippen molar-refractivity contribution in [3.63, 3.8) is 0 Å². The Balaban J connectivity index is 2.38. The number of nitrogens with two attached hydrogens (primary N) is 1. The van der Waals surface area contributed by atoms with Crippen LogP contribution >= 0.6 is 23.1 Å². The first kappa shape index (κ1) is 12.3. The highest BCUT2D eigenvalue weighted by atomic mass is 32.2. The van der Waals surface area contributed by atoms with E-state index >= 15 is 0 Å². The molecule has 1 unspecified atom stereocenters. The van der Waals surface area contributed by atoms with Crippen molar-refractivity contribution >= 4 is 39.2 Å². The van der Waals surface area contributed by atoms with Crippen molar-refractivity contribution in [3.05, 3.63) is 17.3 Å². The Kier molecular flexibility index (Phi) is 3.63. The van der Waals surface area contributed by atoms with Crippen LogP contribution in [-0.4, -0.2) is 21.1 Å². The van der Waals surface area contributed by atoms with Crippen molar-refractivity contribution in [1.29, 1.82) is 0 Å². The third kappa shape index (κ3) is 2.58. The summed E-state index contributed by atoms with van der Waals surface area (Å²) in [5, 5.41) is 1.62. The molecule has 17 heavy (non-hydrogen) atoms. The van der Waals surface area contributed by atoms with E-state index in [1.54, 1.807) is 11.3 Å². The molecule has 0 bridgehead atoms. The summed E-state index contributed by atoms with van der Waals surface area (Å²) in [6, 6.07) is 2.05. The smallest absolute Gasteiger partial charge is 0.230 e. The van der Waals surface area contributed by atoms with Crippen LogP contribution in [0.2, 0.25) is 0 Å². The summed E-state index contributed by atoms with van der Waals surface area (Å²) in [4.78, 5) is 21.8. The summed E-state index contributed by atoms with van der Waals surface area (Å²) < 4.78 is 0. The first-order valence-electron chi connectivity index (χ1n) is 5.29. The predicted octanol–water partition coefficient (Wildman–Crippen LogP) is 2.36. The molecule has 1 atom stereocenters. The number of aromatic nitrogens is 2. The van der Waals surface area contributed by atoms with Crippen LogP contribution in [0.15, 0.2) is 17.4 Å². The highest BCUT2D eigenvalue weighted by molar-refractivity contribution is 8.00. The third-order valence-corrected chi connectivity index (χ3v) is 4.72.